The Balaban J connectivity index is 1.85. The summed E-state index contributed by atoms with van der Waals surface area (Å²) >= 11 is 0. The van der Waals surface area contributed by atoms with E-state index >= 15 is 0 Å². The highest BCUT2D eigenvalue weighted by molar-refractivity contribution is 5.79. The Morgan fingerprint density at radius 3 is 2.92 bits per heavy atom. The number of nitrogens with zero attached hydrogens (tertiary/aromatic N) is 3. The number of benzene rings is 1. The average Bonchev–Trinajstić information content (AvgIpc) is 2.55. The van der Waals surface area contributed by atoms with Gasteiger partial charge < -0.3 is 15.1 Å². The highest BCUT2D eigenvalue weighted by atomic mass is 19.1. The molecule has 0 spiro atoms. The summed E-state index contributed by atoms with van der Waals surface area (Å²) in [6, 6.07) is 7.35. The van der Waals surface area contributed by atoms with Crippen molar-refractivity contribution in [2.24, 2.45) is 10.9 Å². The molecule has 24 heavy (non-hydrogen) atoms. The predicted octanol–water partition coefficient (Wildman–Crippen LogP) is 2.95. The van der Waals surface area contributed by atoms with Gasteiger partial charge in [0.05, 0.1) is 0 Å². The molecule has 0 radical (unpaired) electrons. The van der Waals surface area contributed by atoms with Crippen molar-refractivity contribution in [1.29, 1.82) is 0 Å². The molecule has 0 aromatic heterocycles. The van der Waals surface area contributed by atoms with Crippen LogP contribution in [0.5, 0.6) is 0 Å². The molecule has 1 aromatic rings. The monoisotopic (exact) mass is 334 g/mol. The average molecular weight is 334 g/mol. The van der Waals surface area contributed by atoms with Crippen molar-refractivity contribution in [2.45, 2.75) is 39.3 Å². The normalized spacial score (nSPS) is 19.6. The Labute approximate surface area is 145 Å². The molecule has 1 aliphatic heterocycles. The van der Waals surface area contributed by atoms with Gasteiger partial charge in [-0.1, -0.05) is 12.1 Å². The molecule has 2 rings (SSSR count). The van der Waals surface area contributed by atoms with Crippen LogP contribution in [0, 0.1) is 11.7 Å². The van der Waals surface area contributed by atoms with Crippen molar-refractivity contribution in [3.05, 3.63) is 35.6 Å². The van der Waals surface area contributed by atoms with E-state index in [0.29, 0.717) is 18.5 Å². The van der Waals surface area contributed by atoms with E-state index in [2.05, 4.69) is 29.1 Å². The lowest BCUT2D eigenvalue weighted by molar-refractivity contribution is 0.140. The van der Waals surface area contributed by atoms with Crippen molar-refractivity contribution in [3.63, 3.8) is 0 Å². The fourth-order valence-electron chi connectivity index (χ4n) is 3.34. The molecule has 0 bridgehead atoms. The zero-order chi connectivity index (χ0) is 17.5. The van der Waals surface area contributed by atoms with E-state index in [-0.39, 0.29) is 5.82 Å². The van der Waals surface area contributed by atoms with E-state index in [9.17, 15) is 4.39 Å². The second-order valence-corrected chi connectivity index (χ2v) is 7.01. The minimum Gasteiger partial charge on any atom is -0.356 e. The number of halogens is 1. The highest BCUT2D eigenvalue weighted by Crippen LogP contribution is 2.17. The Kier molecular flexibility index (Phi) is 7.03. The fourth-order valence-corrected chi connectivity index (χ4v) is 3.34. The van der Waals surface area contributed by atoms with Gasteiger partial charge in [0, 0.05) is 39.8 Å². The summed E-state index contributed by atoms with van der Waals surface area (Å²) in [7, 11) is 3.78. The van der Waals surface area contributed by atoms with E-state index in [0.717, 1.165) is 24.6 Å². The van der Waals surface area contributed by atoms with Crippen LogP contribution in [0.3, 0.4) is 0 Å². The van der Waals surface area contributed by atoms with E-state index in [1.165, 1.54) is 25.5 Å². The van der Waals surface area contributed by atoms with Crippen LogP contribution in [0.4, 0.5) is 4.39 Å². The van der Waals surface area contributed by atoms with Crippen LogP contribution in [0.1, 0.15) is 32.3 Å². The van der Waals surface area contributed by atoms with Crippen molar-refractivity contribution in [3.8, 4) is 0 Å². The number of hydrogen-bond acceptors (Lipinski definition) is 2. The van der Waals surface area contributed by atoms with Crippen LogP contribution in [0.15, 0.2) is 29.3 Å². The van der Waals surface area contributed by atoms with Crippen LogP contribution >= 0.6 is 0 Å². The Bertz CT molecular complexity index is 544. The van der Waals surface area contributed by atoms with E-state index < -0.39 is 0 Å². The summed E-state index contributed by atoms with van der Waals surface area (Å²) in [4.78, 5) is 8.96. The van der Waals surface area contributed by atoms with Gasteiger partial charge >= 0.3 is 0 Å². The third-order valence-corrected chi connectivity index (χ3v) is 4.71. The number of guanidine groups is 1. The molecule has 1 unspecified atom stereocenters. The van der Waals surface area contributed by atoms with Crippen molar-refractivity contribution in [2.75, 3.05) is 33.7 Å². The molecule has 1 N–H and O–H groups in total. The lowest BCUT2D eigenvalue weighted by Gasteiger charge is -2.36. The Morgan fingerprint density at radius 1 is 1.46 bits per heavy atom. The molecule has 0 amide bonds. The first-order valence-corrected chi connectivity index (χ1v) is 8.90. The Hall–Kier alpha value is -1.62. The first-order valence-electron chi connectivity index (χ1n) is 8.90. The Morgan fingerprint density at radius 2 is 2.25 bits per heavy atom. The second kappa shape index (κ2) is 9.02. The standard InChI is InChI=1S/C19H31FN4/c1-15(2)24-10-6-8-17(14-24)12-22-19(21-3)23(4)13-16-7-5-9-18(20)11-16/h5,7,9,11,15,17H,6,8,10,12-14H2,1-4H3,(H,21,22). The molecule has 0 aliphatic carbocycles. The van der Waals surface area contributed by atoms with Crippen LogP contribution in [-0.4, -0.2) is 55.5 Å². The van der Waals surface area contributed by atoms with Crippen molar-refractivity contribution >= 4 is 5.96 Å². The number of likely N-dealkylation sites (tertiary alicyclic amines) is 1. The quantitative estimate of drug-likeness (QED) is 0.663. The van der Waals surface area contributed by atoms with Crippen LogP contribution in [0.2, 0.25) is 0 Å². The van der Waals surface area contributed by atoms with Crippen molar-refractivity contribution < 1.29 is 4.39 Å². The highest BCUT2D eigenvalue weighted by Gasteiger charge is 2.22. The second-order valence-electron chi connectivity index (χ2n) is 7.01. The van der Waals surface area contributed by atoms with Crippen LogP contribution < -0.4 is 5.32 Å². The lowest BCUT2D eigenvalue weighted by atomic mass is 9.97. The molecular weight excluding hydrogens is 303 g/mol. The third-order valence-electron chi connectivity index (χ3n) is 4.71. The van der Waals surface area contributed by atoms with Gasteiger partial charge in [0.25, 0.3) is 0 Å². The smallest absolute Gasteiger partial charge is 0.193 e. The molecule has 5 heteroatoms. The maximum Gasteiger partial charge on any atom is 0.193 e. The van der Waals surface area contributed by atoms with Crippen LogP contribution in [-0.2, 0) is 6.54 Å². The van der Waals surface area contributed by atoms with Gasteiger partial charge in [-0.15, -0.1) is 0 Å². The van der Waals surface area contributed by atoms with Gasteiger partial charge in [-0.25, -0.2) is 4.39 Å². The largest absolute Gasteiger partial charge is 0.356 e. The summed E-state index contributed by atoms with van der Waals surface area (Å²) in [6.07, 6.45) is 2.53. The molecule has 1 heterocycles. The van der Waals surface area contributed by atoms with Gasteiger partial charge in [-0.05, 0) is 56.8 Å². The molecule has 0 saturated carbocycles. The van der Waals surface area contributed by atoms with Gasteiger partial charge in [-0.3, -0.25) is 4.99 Å². The molecule has 134 valence electrons. The van der Waals surface area contributed by atoms with Gasteiger partial charge in [0.2, 0.25) is 0 Å². The zero-order valence-corrected chi connectivity index (χ0v) is 15.4. The summed E-state index contributed by atoms with van der Waals surface area (Å²) in [5, 5.41) is 3.49. The maximum atomic E-state index is 13.3. The predicted molar refractivity (Wildman–Crippen MR) is 98.7 cm³/mol. The molecule has 4 nitrogen and oxygen atoms in total. The molecule has 1 fully saturated rings. The SMILES string of the molecule is CN=C(NCC1CCCN(C(C)C)C1)N(C)Cc1cccc(F)c1. The van der Waals surface area contributed by atoms with E-state index in [4.69, 9.17) is 0 Å². The molecule has 1 saturated heterocycles. The fraction of sp³-hybridized carbons (Fsp3) is 0.632. The zero-order valence-electron chi connectivity index (χ0n) is 15.4. The van der Waals surface area contributed by atoms with Gasteiger partial charge in [-0.2, -0.15) is 0 Å². The maximum absolute atomic E-state index is 13.3. The topological polar surface area (TPSA) is 30.9 Å². The number of aliphatic imine (C=N–C) groups is 1. The lowest BCUT2D eigenvalue weighted by Crippen LogP contribution is -2.46. The van der Waals surface area contributed by atoms with E-state index in [1.54, 1.807) is 19.2 Å². The van der Waals surface area contributed by atoms with Crippen LogP contribution in [0.25, 0.3) is 0 Å². The molecule has 1 atom stereocenters. The first-order chi connectivity index (χ1) is 11.5. The molecule has 1 aliphatic rings. The third kappa shape index (κ3) is 5.48. The first kappa shape index (κ1) is 18.7. The summed E-state index contributed by atoms with van der Waals surface area (Å²) in [6.45, 7) is 8.46. The van der Waals surface area contributed by atoms with Gasteiger partial charge in [0.1, 0.15) is 5.82 Å². The number of piperidine rings is 1. The summed E-state index contributed by atoms with van der Waals surface area (Å²) < 4.78 is 13.3. The minimum atomic E-state index is -0.195. The molecular formula is C19H31FN4. The number of hydrogen-bond donors (Lipinski definition) is 1. The number of nitrogens with one attached hydrogen (secondary N) is 1. The summed E-state index contributed by atoms with van der Waals surface area (Å²) in [5.74, 6) is 1.32. The van der Waals surface area contributed by atoms with Crippen molar-refractivity contribution in [1.82, 2.24) is 15.1 Å². The molecule has 1 aromatic carbocycles. The minimum absolute atomic E-state index is 0.195. The summed E-state index contributed by atoms with van der Waals surface area (Å²) in [5.41, 5.74) is 0.948. The van der Waals surface area contributed by atoms with Gasteiger partial charge in [0.15, 0.2) is 5.96 Å². The van der Waals surface area contributed by atoms with E-state index in [1.807, 2.05) is 18.0 Å². The number of rotatable bonds is 5.